The molecule has 2 aliphatic rings. The molecule has 0 aromatic carbocycles. The molecule has 0 radical (unpaired) electrons. The lowest BCUT2D eigenvalue weighted by Gasteiger charge is -2.27. The largest absolute Gasteiger partial charge is 0.308 e. The summed E-state index contributed by atoms with van der Waals surface area (Å²) in [5, 5.41) is 0. The topological polar surface area (TPSA) is 63.8 Å². The zero-order valence-corrected chi connectivity index (χ0v) is 13.2. The number of hydrogen-bond acceptors (Lipinski definition) is 4. The van der Waals surface area contributed by atoms with Crippen LogP contribution in [0.3, 0.4) is 0 Å². The van der Waals surface area contributed by atoms with Crippen LogP contribution in [0.25, 0.3) is 0 Å². The molecule has 3 N–H and O–H groups in total. The Kier molecular flexibility index (Phi) is 4.73. The lowest BCUT2D eigenvalue weighted by molar-refractivity contribution is 0.312. The third-order valence-electron chi connectivity index (χ3n) is 5.38. The number of aromatic nitrogens is 2. The van der Waals surface area contributed by atoms with Gasteiger partial charge >= 0.3 is 0 Å². The van der Waals surface area contributed by atoms with Gasteiger partial charge in [0.15, 0.2) is 0 Å². The number of nitrogens with two attached hydrogens (primary N) is 1. The van der Waals surface area contributed by atoms with Crippen LogP contribution in [0.5, 0.6) is 0 Å². The minimum absolute atomic E-state index is 0.536. The smallest absolute Gasteiger partial charge is 0.147 e. The first-order valence-corrected chi connectivity index (χ1v) is 8.68. The van der Waals surface area contributed by atoms with Crippen molar-refractivity contribution in [3.63, 3.8) is 0 Å². The van der Waals surface area contributed by atoms with E-state index in [0.29, 0.717) is 5.92 Å². The molecule has 1 heterocycles. The first kappa shape index (κ1) is 14.8. The molecular formula is C17H28N4. The molecule has 0 unspecified atom stereocenters. The third-order valence-corrected chi connectivity index (χ3v) is 5.38. The molecule has 4 nitrogen and oxygen atoms in total. The summed E-state index contributed by atoms with van der Waals surface area (Å²) in [7, 11) is 0. The van der Waals surface area contributed by atoms with Gasteiger partial charge in [0.1, 0.15) is 11.6 Å². The quantitative estimate of drug-likeness (QED) is 0.505. The Morgan fingerprint density at radius 1 is 1.05 bits per heavy atom. The minimum Gasteiger partial charge on any atom is -0.308 e. The highest BCUT2D eigenvalue weighted by molar-refractivity contribution is 5.46. The summed E-state index contributed by atoms with van der Waals surface area (Å²) in [4.78, 5) is 9.72. The number of hydrogen-bond donors (Lipinski definition) is 2. The minimum atomic E-state index is 0.536. The van der Waals surface area contributed by atoms with Crippen molar-refractivity contribution in [2.75, 3.05) is 5.43 Å². The van der Waals surface area contributed by atoms with Gasteiger partial charge in [-0.15, -0.1) is 0 Å². The lowest BCUT2D eigenvalue weighted by Crippen LogP contribution is -2.19. The van der Waals surface area contributed by atoms with Gasteiger partial charge in [-0.25, -0.2) is 15.8 Å². The Bertz CT molecular complexity index is 478. The Hall–Kier alpha value is -1.16. The molecule has 1 aromatic rings. The van der Waals surface area contributed by atoms with Crippen LogP contribution < -0.4 is 11.3 Å². The molecular weight excluding hydrogens is 260 g/mol. The van der Waals surface area contributed by atoms with Crippen molar-refractivity contribution in [3.05, 3.63) is 17.1 Å². The maximum Gasteiger partial charge on any atom is 0.147 e. The van der Waals surface area contributed by atoms with Crippen molar-refractivity contribution >= 4 is 5.82 Å². The van der Waals surface area contributed by atoms with Crippen molar-refractivity contribution in [3.8, 4) is 0 Å². The van der Waals surface area contributed by atoms with Crippen molar-refractivity contribution in [1.82, 2.24) is 9.97 Å². The van der Waals surface area contributed by atoms with E-state index in [0.717, 1.165) is 30.4 Å². The monoisotopic (exact) mass is 288 g/mol. The summed E-state index contributed by atoms with van der Waals surface area (Å²) in [6.45, 7) is 2.31. The maximum absolute atomic E-state index is 5.73. The summed E-state index contributed by atoms with van der Waals surface area (Å²) < 4.78 is 0. The lowest BCUT2D eigenvalue weighted by atomic mass is 9.80. The zero-order valence-electron chi connectivity index (χ0n) is 13.2. The highest BCUT2D eigenvalue weighted by atomic mass is 15.3. The van der Waals surface area contributed by atoms with E-state index in [9.17, 15) is 0 Å². The summed E-state index contributed by atoms with van der Waals surface area (Å²) in [6, 6.07) is 0. The Balaban J connectivity index is 1.84. The molecule has 1 saturated carbocycles. The first-order valence-electron chi connectivity index (χ1n) is 8.68. The number of rotatable bonds is 3. The maximum atomic E-state index is 5.73. The molecule has 21 heavy (non-hydrogen) atoms. The summed E-state index contributed by atoms with van der Waals surface area (Å²) in [5.41, 5.74) is 5.35. The Morgan fingerprint density at radius 3 is 2.52 bits per heavy atom. The zero-order chi connectivity index (χ0) is 14.7. The molecule has 0 amide bonds. The van der Waals surface area contributed by atoms with Crippen molar-refractivity contribution in [2.45, 2.75) is 77.0 Å². The fourth-order valence-electron chi connectivity index (χ4n) is 3.92. The SMILES string of the molecule is CCC1CCC(c2nc3c(c(NN)n2)CCCCC3)CC1. The van der Waals surface area contributed by atoms with Crippen molar-refractivity contribution in [1.29, 1.82) is 0 Å². The van der Waals surface area contributed by atoms with Crippen LogP contribution in [0.15, 0.2) is 0 Å². The average Bonchev–Trinajstić information content (AvgIpc) is 2.79. The van der Waals surface area contributed by atoms with Gasteiger partial charge in [0.2, 0.25) is 0 Å². The first-order chi connectivity index (χ1) is 10.3. The van der Waals surface area contributed by atoms with Gasteiger partial charge in [-0.3, -0.25) is 0 Å². The van der Waals surface area contributed by atoms with E-state index in [-0.39, 0.29) is 0 Å². The van der Waals surface area contributed by atoms with Gasteiger partial charge in [0, 0.05) is 17.2 Å². The van der Waals surface area contributed by atoms with Crippen LogP contribution in [0.4, 0.5) is 5.82 Å². The van der Waals surface area contributed by atoms with E-state index in [2.05, 4.69) is 12.3 Å². The van der Waals surface area contributed by atoms with Crippen LogP contribution in [-0.2, 0) is 12.8 Å². The summed E-state index contributed by atoms with van der Waals surface area (Å²) in [6.07, 6.45) is 12.4. The number of nitrogens with one attached hydrogen (secondary N) is 1. The molecule has 0 aliphatic heterocycles. The fourth-order valence-corrected chi connectivity index (χ4v) is 3.92. The molecule has 1 aromatic heterocycles. The molecule has 1 fully saturated rings. The van der Waals surface area contributed by atoms with Crippen LogP contribution in [-0.4, -0.2) is 9.97 Å². The molecule has 3 rings (SSSR count). The predicted molar refractivity (Wildman–Crippen MR) is 86.1 cm³/mol. The van der Waals surface area contributed by atoms with E-state index in [1.165, 1.54) is 62.6 Å². The molecule has 2 aliphatic carbocycles. The van der Waals surface area contributed by atoms with Gasteiger partial charge in [0.05, 0.1) is 0 Å². The second kappa shape index (κ2) is 6.73. The molecule has 0 atom stereocenters. The standard InChI is InChI=1S/C17H28N4/c1-2-12-8-10-13(11-9-12)16-19-15-7-5-3-4-6-14(15)17(20-16)21-18/h12-13H,2-11,18H2,1H3,(H,19,20,21). The summed E-state index contributed by atoms with van der Waals surface area (Å²) >= 11 is 0. The van der Waals surface area contributed by atoms with Crippen LogP contribution in [0.1, 0.15) is 81.3 Å². The molecule has 116 valence electrons. The van der Waals surface area contributed by atoms with Gasteiger partial charge < -0.3 is 5.43 Å². The van der Waals surface area contributed by atoms with Crippen LogP contribution in [0, 0.1) is 5.92 Å². The van der Waals surface area contributed by atoms with E-state index in [1.54, 1.807) is 0 Å². The summed E-state index contributed by atoms with van der Waals surface area (Å²) in [5.74, 6) is 9.10. The number of nitrogens with zero attached hydrogens (tertiary/aromatic N) is 2. The van der Waals surface area contributed by atoms with Crippen molar-refractivity contribution in [2.24, 2.45) is 11.8 Å². The molecule has 0 bridgehead atoms. The van der Waals surface area contributed by atoms with Gasteiger partial charge in [-0.1, -0.05) is 19.8 Å². The van der Waals surface area contributed by atoms with Gasteiger partial charge in [-0.05, 0) is 57.3 Å². The number of fused-ring (bicyclic) bond motifs is 1. The highest BCUT2D eigenvalue weighted by Crippen LogP contribution is 2.37. The Labute approximate surface area is 127 Å². The highest BCUT2D eigenvalue weighted by Gasteiger charge is 2.25. The number of hydrazine groups is 1. The van der Waals surface area contributed by atoms with E-state index >= 15 is 0 Å². The normalized spacial score (nSPS) is 26.0. The second-order valence-corrected chi connectivity index (χ2v) is 6.69. The predicted octanol–water partition coefficient (Wildman–Crippen LogP) is 3.71. The second-order valence-electron chi connectivity index (χ2n) is 6.69. The molecule has 4 heteroatoms. The third kappa shape index (κ3) is 3.20. The average molecular weight is 288 g/mol. The van der Waals surface area contributed by atoms with Gasteiger partial charge in [0.25, 0.3) is 0 Å². The number of anilines is 1. The molecule has 0 spiro atoms. The van der Waals surface area contributed by atoms with E-state index in [4.69, 9.17) is 15.8 Å². The Morgan fingerprint density at radius 2 is 1.81 bits per heavy atom. The van der Waals surface area contributed by atoms with Crippen molar-refractivity contribution < 1.29 is 0 Å². The van der Waals surface area contributed by atoms with Gasteiger partial charge in [-0.2, -0.15) is 0 Å². The van der Waals surface area contributed by atoms with Crippen LogP contribution in [0.2, 0.25) is 0 Å². The van der Waals surface area contributed by atoms with E-state index in [1.807, 2.05) is 0 Å². The molecule has 0 saturated heterocycles. The van der Waals surface area contributed by atoms with Crippen LogP contribution >= 0.6 is 0 Å². The number of nitrogen functional groups attached to an aromatic ring is 1. The number of aryl methyl sites for hydroxylation is 1. The fraction of sp³-hybridized carbons (Fsp3) is 0.765. The van der Waals surface area contributed by atoms with E-state index < -0.39 is 0 Å².